The molecule has 2 aromatic rings. The van der Waals surface area contributed by atoms with Gasteiger partial charge in [0.25, 0.3) is 0 Å². The lowest BCUT2D eigenvalue weighted by atomic mass is 10.0. The normalized spacial score (nSPS) is 17.6. The van der Waals surface area contributed by atoms with E-state index in [1.165, 1.54) is 49.8 Å². The van der Waals surface area contributed by atoms with Crippen LogP contribution in [0.5, 0.6) is 0 Å². The molecule has 0 spiro atoms. The van der Waals surface area contributed by atoms with Gasteiger partial charge in [0.05, 0.1) is 0 Å². The Kier molecular flexibility index (Phi) is 4.61. The number of likely N-dealkylation sites (tertiary alicyclic amines) is 1. The fraction of sp³-hybridized carbons (Fsp3) is 0.556. The van der Waals surface area contributed by atoms with Gasteiger partial charge in [-0.2, -0.15) is 0 Å². The molecule has 1 aromatic heterocycles. The van der Waals surface area contributed by atoms with E-state index >= 15 is 0 Å². The second-order valence-corrected chi connectivity index (χ2v) is 6.13. The minimum absolute atomic E-state index is 0.645. The predicted molar refractivity (Wildman–Crippen MR) is 87.5 cm³/mol. The molecule has 0 radical (unpaired) electrons. The zero-order valence-corrected chi connectivity index (χ0v) is 13.2. The Morgan fingerprint density at radius 3 is 2.76 bits per heavy atom. The van der Waals surface area contributed by atoms with E-state index in [0.717, 1.165) is 17.9 Å². The minimum atomic E-state index is 0.645. The Labute approximate surface area is 127 Å². The maximum Gasteiger partial charge on any atom is 0.134 e. The number of aryl methyl sites for hydroxylation is 1. The Balaban J connectivity index is 1.59. The van der Waals surface area contributed by atoms with Crippen LogP contribution in [0.25, 0.3) is 11.0 Å². The maximum absolute atomic E-state index is 5.84. The summed E-state index contributed by atoms with van der Waals surface area (Å²) in [5.41, 5.74) is 2.33. The summed E-state index contributed by atoms with van der Waals surface area (Å²) in [7, 11) is 0. The van der Waals surface area contributed by atoms with Gasteiger partial charge in [-0.1, -0.05) is 25.1 Å². The van der Waals surface area contributed by atoms with Crippen LogP contribution in [0.3, 0.4) is 0 Å². The van der Waals surface area contributed by atoms with E-state index in [1.54, 1.807) is 0 Å². The molecule has 0 saturated carbocycles. The summed E-state index contributed by atoms with van der Waals surface area (Å²) in [6.45, 7) is 8.96. The molecule has 0 bridgehead atoms. The Morgan fingerprint density at radius 2 is 2.00 bits per heavy atom. The van der Waals surface area contributed by atoms with Crippen LogP contribution < -0.4 is 5.32 Å². The Morgan fingerprint density at radius 1 is 1.24 bits per heavy atom. The quantitative estimate of drug-likeness (QED) is 0.908. The molecule has 3 rings (SSSR count). The Bertz CT molecular complexity index is 582. The summed E-state index contributed by atoms with van der Waals surface area (Å²) < 4.78 is 5.84. The van der Waals surface area contributed by atoms with Crippen molar-refractivity contribution in [3.05, 3.63) is 35.6 Å². The SMILES string of the molecule is CCCN1CCC(NCc2c(C)oc3ccccc23)CC1. The lowest BCUT2D eigenvalue weighted by Gasteiger charge is -2.32. The van der Waals surface area contributed by atoms with Crippen molar-refractivity contribution in [3.8, 4) is 0 Å². The molecule has 3 nitrogen and oxygen atoms in total. The first-order valence-corrected chi connectivity index (χ1v) is 8.20. The summed E-state index contributed by atoms with van der Waals surface area (Å²) in [6.07, 6.45) is 3.78. The minimum Gasteiger partial charge on any atom is -0.461 e. The summed E-state index contributed by atoms with van der Waals surface area (Å²) >= 11 is 0. The first kappa shape index (κ1) is 14.6. The molecule has 2 heterocycles. The van der Waals surface area contributed by atoms with Crippen molar-refractivity contribution in [1.29, 1.82) is 0 Å². The van der Waals surface area contributed by atoms with Crippen molar-refractivity contribution >= 4 is 11.0 Å². The van der Waals surface area contributed by atoms with Crippen molar-refractivity contribution in [2.45, 2.75) is 45.7 Å². The van der Waals surface area contributed by atoms with Crippen molar-refractivity contribution in [1.82, 2.24) is 10.2 Å². The highest BCUT2D eigenvalue weighted by molar-refractivity contribution is 5.82. The van der Waals surface area contributed by atoms with Crippen LogP contribution in [-0.2, 0) is 6.54 Å². The van der Waals surface area contributed by atoms with Crippen LogP contribution in [-0.4, -0.2) is 30.6 Å². The zero-order chi connectivity index (χ0) is 14.7. The lowest BCUT2D eigenvalue weighted by Crippen LogP contribution is -2.42. The number of nitrogens with zero attached hydrogens (tertiary/aromatic N) is 1. The van der Waals surface area contributed by atoms with E-state index in [4.69, 9.17) is 4.42 Å². The van der Waals surface area contributed by atoms with Gasteiger partial charge in [-0.05, 0) is 51.9 Å². The second kappa shape index (κ2) is 6.63. The van der Waals surface area contributed by atoms with Crippen LogP contribution in [0.15, 0.2) is 28.7 Å². The molecule has 0 aliphatic carbocycles. The molecule has 1 aliphatic rings. The molecular formula is C18H26N2O. The smallest absolute Gasteiger partial charge is 0.134 e. The van der Waals surface area contributed by atoms with E-state index in [2.05, 4.69) is 42.3 Å². The largest absolute Gasteiger partial charge is 0.461 e. The maximum atomic E-state index is 5.84. The predicted octanol–water partition coefficient (Wildman–Crippen LogP) is 3.71. The molecule has 3 heteroatoms. The highest BCUT2D eigenvalue weighted by Gasteiger charge is 2.19. The van der Waals surface area contributed by atoms with Gasteiger partial charge in [0.1, 0.15) is 11.3 Å². The van der Waals surface area contributed by atoms with E-state index in [-0.39, 0.29) is 0 Å². The van der Waals surface area contributed by atoms with E-state index < -0.39 is 0 Å². The van der Waals surface area contributed by atoms with Gasteiger partial charge in [-0.3, -0.25) is 0 Å². The number of furan rings is 1. The van der Waals surface area contributed by atoms with Gasteiger partial charge in [0.15, 0.2) is 0 Å². The number of para-hydroxylation sites is 1. The molecule has 21 heavy (non-hydrogen) atoms. The molecule has 0 amide bonds. The van der Waals surface area contributed by atoms with Crippen LogP contribution in [0.1, 0.15) is 37.5 Å². The average Bonchev–Trinajstić information content (AvgIpc) is 2.82. The molecule has 0 unspecified atom stereocenters. The third-order valence-corrected chi connectivity index (χ3v) is 4.60. The van der Waals surface area contributed by atoms with Gasteiger partial charge in [-0.15, -0.1) is 0 Å². The molecule has 1 N–H and O–H groups in total. The first-order valence-electron chi connectivity index (χ1n) is 8.20. The third kappa shape index (κ3) is 3.30. The number of hydrogen-bond acceptors (Lipinski definition) is 3. The third-order valence-electron chi connectivity index (χ3n) is 4.60. The summed E-state index contributed by atoms with van der Waals surface area (Å²) in [5.74, 6) is 1.05. The number of piperidine rings is 1. The van der Waals surface area contributed by atoms with Crippen molar-refractivity contribution in [2.24, 2.45) is 0 Å². The van der Waals surface area contributed by atoms with Gasteiger partial charge in [0.2, 0.25) is 0 Å². The van der Waals surface area contributed by atoms with Gasteiger partial charge >= 0.3 is 0 Å². The zero-order valence-electron chi connectivity index (χ0n) is 13.2. The lowest BCUT2D eigenvalue weighted by molar-refractivity contribution is 0.197. The van der Waals surface area contributed by atoms with E-state index in [1.807, 2.05) is 6.07 Å². The highest BCUT2D eigenvalue weighted by atomic mass is 16.3. The highest BCUT2D eigenvalue weighted by Crippen LogP contribution is 2.25. The molecular weight excluding hydrogens is 260 g/mol. The topological polar surface area (TPSA) is 28.4 Å². The monoisotopic (exact) mass is 286 g/mol. The van der Waals surface area contributed by atoms with Gasteiger partial charge in [-0.25, -0.2) is 0 Å². The summed E-state index contributed by atoms with van der Waals surface area (Å²) in [6, 6.07) is 8.98. The van der Waals surface area contributed by atoms with Crippen LogP contribution in [0, 0.1) is 6.92 Å². The fourth-order valence-electron chi connectivity index (χ4n) is 3.36. The standard InChI is InChI=1S/C18H26N2O/c1-3-10-20-11-8-15(9-12-20)19-13-17-14(2)21-18-7-5-4-6-16(17)18/h4-7,15,19H,3,8-13H2,1-2H3. The van der Waals surface area contributed by atoms with Crippen LogP contribution in [0.4, 0.5) is 0 Å². The molecule has 1 aliphatic heterocycles. The number of benzene rings is 1. The number of nitrogens with one attached hydrogen (secondary N) is 1. The van der Waals surface area contributed by atoms with Crippen molar-refractivity contribution in [3.63, 3.8) is 0 Å². The van der Waals surface area contributed by atoms with E-state index in [0.29, 0.717) is 6.04 Å². The average molecular weight is 286 g/mol. The Hall–Kier alpha value is -1.32. The van der Waals surface area contributed by atoms with Crippen molar-refractivity contribution < 1.29 is 4.42 Å². The number of rotatable bonds is 5. The van der Waals surface area contributed by atoms with Crippen molar-refractivity contribution in [2.75, 3.05) is 19.6 Å². The molecule has 1 fully saturated rings. The van der Waals surface area contributed by atoms with Crippen LogP contribution in [0.2, 0.25) is 0 Å². The number of hydrogen-bond donors (Lipinski definition) is 1. The fourth-order valence-corrected chi connectivity index (χ4v) is 3.36. The van der Waals surface area contributed by atoms with Crippen LogP contribution >= 0.6 is 0 Å². The van der Waals surface area contributed by atoms with Gasteiger partial charge < -0.3 is 14.6 Å². The van der Waals surface area contributed by atoms with E-state index in [9.17, 15) is 0 Å². The first-order chi connectivity index (χ1) is 10.3. The molecule has 0 atom stereocenters. The molecule has 1 saturated heterocycles. The summed E-state index contributed by atoms with van der Waals surface area (Å²) in [5, 5.41) is 4.99. The second-order valence-electron chi connectivity index (χ2n) is 6.13. The summed E-state index contributed by atoms with van der Waals surface area (Å²) in [4.78, 5) is 2.58. The molecule has 1 aromatic carbocycles. The molecule has 114 valence electrons. The van der Waals surface area contributed by atoms with Gasteiger partial charge in [0, 0.05) is 23.5 Å². The number of fused-ring (bicyclic) bond motifs is 1.